The molecule has 1 aromatic rings. The number of hydrogen-bond acceptors (Lipinski definition) is 2. The Morgan fingerprint density at radius 3 is 1.88 bits per heavy atom. The highest BCUT2D eigenvalue weighted by Gasteiger charge is 2.14. The second-order valence-corrected chi connectivity index (χ2v) is 7.15. The normalized spacial score (nSPS) is 12.1. The van der Waals surface area contributed by atoms with Crippen LogP contribution in [0.4, 0.5) is 0 Å². The van der Waals surface area contributed by atoms with E-state index in [0.717, 1.165) is 19.3 Å². The molecule has 0 aliphatic rings. The summed E-state index contributed by atoms with van der Waals surface area (Å²) in [5.74, 6) is -0.175. The summed E-state index contributed by atoms with van der Waals surface area (Å²) in [6, 6.07) is 9.34. The summed E-state index contributed by atoms with van der Waals surface area (Å²) in [4.78, 5) is 12.2. The van der Waals surface area contributed by atoms with Crippen molar-refractivity contribution in [2.75, 3.05) is 0 Å². The molecule has 2 nitrogen and oxygen atoms in total. The number of ether oxygens (including phenoxy) is 1. The number of rotatable bonds is 15. The smallest absolute Gasteiger partial charge is 0.338 e. The van der Waals surface area contributed by atoms with Crippen molar-refractivity contribution in [3.05, 3.63) is 35.9 Å². The molecule has 142 valence electrons. The van der Waals surface area contributed by atoms with E-state index in [1.54, 1.807) is 0 Å². The van der Waals surface area contributed by atoms with Crippen LogP contribution in [0.25, 0.3) is 0 Å². The second-order valence-electron chi connectivity index (χ2n) is 7.15. The highest BCUT2D eigenvalue weighted by atomic mass is 16.5. The molecule has 0 aliphatic heterocycles. The van der Waals surface area contributed by atoms with Gasteiger partial charge in [-0.05, 0) is 31.4 Å². The maximum atomic E-state index is 12.2. The number of esters is 1. The van der Waals surface area contributed by atoms with Crippen LogP contribution in [0.1, 0.15) is 108 Å². The molecule has 0 heterocycles. The highest BCUT2D eigenvalue weighted by molar-refractivity contribution is 5.89. The zero-order valence-electron chi connectivity index (χ0n) is 16.5. The van der Waals surface area contributed by atoms with Crippen LogP contribution in [0.3, 0.4) is 0 Å². The van der Waals surface area contributed by atoms with E-state index < -0.39 is 0 Å². The lowest BCUT2D eigenvalue weighted by Gasteiger charge is -2.17. The maximum Gasteiger partial charge on any atom is 0.338 e. The van der Waals surface area contributed by atoms with Gasteiger partial charge in [0, 0.05) is 0 Å². The van der Waals surface area contributed by atoms with Gasteiger partial charge in [0.15, 0.2) is 0 Å². The fourth-order valence-electron chi connectivity index (χ4n) is 3.24. The predicted octanol–water partition coefficient (Wildman–Crippen LogP) is 7.32. The number of unbranched alkanes of at least 4 members (excludes halogenated alkanes) is 9. The van der Waals surface area contributed by atoms with Gasteiger partial charge in [0.1, 0.15) is 6.10 Å². The van der Waals surface area contributed by atoms with Crippen LogP contribution >= 0.6 is 0 Å². The first-order valence-corrected chi connectivity index (χ1v) is 10.5. The van der Waals surface area contributed by atoms with Crippen molar-refractivity contribution in [3.8, 4) is 0 Å². The first-order valence-electron chi connectivity index (χ1n) is 10.5. The zero-order chi connectivity index (χ0) is 18.2. The van der Waals surface area contributed by atoms with E-state index >= 15 is 0 Å². The van der Waals surface area contributed by atoms with Crippen LogP contribution in [0, 0.1) is 0 Å². The molecule has 2 heteroatoms. The van der Waals surface area contributed by atoms with Gasteiger partial charge in [-0.15, -0.1) is 0 Å². The molecular formula is C23H38O2. The average Bonchev–Trinajstić information content (AvgIpc) is 2.64. The molecule has 0 N–H and O–H groups in total. The summed E-state index contributed by atoms with van der Waals surface area (Å²) in [5, 5.41) is 0. The Hall–Kier alpha value is -1.31. The number of hydrogen-bond donors (Lipinski definition) is 0. The van der Waals surface area contributed by atoms with Gasteiger partial charge in [0.2, 0.25) is 0 Å². The lowest BCUT2D eigenvalue weighted by molar-refractivity contribution is 0.0253. The van der Waals surface area contributed by atoms with Crippen molar-refractivity contribution >= 4 is 5.97 Å². The molecule has 0 spiro atoms. The van der Waals surface area contributed by atoms with E-state index in [1.165, 1.54) is 64.2 Å². The van der Waals surface area contributed by atoms with E-state index in [4.69, 9.17) is 4.74 Å². The minimum Gasteiger partial charge on any atom is -0.459 e. The minimum absolute atomic E-state index is 0.0757. The third-order valence-electron chi connectivity index (χ3n) is 4.77. The van der Waals surface area contributed by atoms with E-state index in [2.05, 4.69) is 13.8 Å². The van der Waals surface area contributed by atoms with Crippen molar-refractivity contribution in [1.29, 1.82) is 0 Å². The Labute approximate surface area is 155 Å². The van der Waals surface area contributed by atoms with Crippen LogP contribution in [0.2, 0.25) is 0 Å². The van der Waals surface area contributed by atoms with Crippen molar-refractivity contribution in [1.82, 2.24) is 0 Å². The van der Waals surface area contributed by atoms with E-state index in [-0.39, 0.29) is 12.1 Å². The molecule has 1 aromatic carbocycles. The Balaban J connectivity index is 2.11. The Kier molecular flexibility index (Phi) is 13.0. The molecular weight excluding hydrogens is 308 g/mol. The molecule has 25 heavy (non-hydrogen) atoms. The van der Waals surface area contributed by atoms with Crippen LogP contribution in [0.15, 0.2) is 30.3 Å². The quantitative estimate of drug-likeness (QED) is 0.245. The largest absolute Gasteiger partial charge is 0.459 e. The summed E-state index contributed by atoms with van der Waals surface area (Å²) in [7, 11) is 0. The Morgan fingerprint density at radius 1 is 0.760 bits per heavy atom. The lowest BCUT2D eigenvalue weighted by atomic mass is 10.0. The summed E-state index contributed by atoms with van der Waals surface area (Å²) in [6.45, 7) is 4.42. The van der Waals surface area contributed by atoms with Gasteiger partial charge in [-0.1, -0.05) is 96.3 Å². The van der Waals surface area contributed by atoms with Crippen molar-refractivity contribution in [2.24, 2.45) is 0 Å². The standard InChI is InChI=1S/C23H38O2/c1-3-5-6-7-8-9-10-11-12-16-20-22(17-4-2)25-23(24)21-18-14-13-15-19-21/h13-15,18-19,22H,3-12,16-17,20H2,1-2H3. The molecule has 1 unspecified atom stereocenters. The van der Waals surface area contributed by atoms with Crippen LogP contribution in [-0.2, 0) is 4.74 Å². The molecule has 0 aliphatic carbocycles. The van der Waals surface area contributed by atoms with E-state index in [9.17, 15) is 4.79 Å². The molecule has 0 saturated heterocycles. The number of carbonyl (C=O) groups is 1. The Bertz CT molecular complexity index is 427. The molecule has 0 fully saturated rings. The number of benzene rings is 1. The average molecular weight is 347 g/mol. The van der Waals surface area contributed by atoms with Crippen LogP contribution < -0.4 is 0 Å². The fourth-order valence-corrected chi connectivity index (χ4v) is 3.24. The summed E-state index contributed by atoms with van der Waals surface area (Å²) in [5.41, 5.74) is 0.659. The van der Waals surface area contributed by atoms with E-state index in [0.29, 0.717) is 5.56 Å². The molecule has 0 saturated carbocycles. The van der Waals surface area contributed by atoms with Gasteiger partial charge in [-0.3, -0.25) is 0 Å². The van der Waals surface area contributed by atoms with E-state index in [1.807, 2.05) is 30.3 Å². The molecule has 0 aromatic heterocycles. The van der Waals surface area contributed by atoms with Gasteiger partial charge in [-0.2, -0.15) is 0 Å². The third-order valence-corrected chi connectivity index (χ3v) is 4.77. The molecule has 1 atom stereocenters. The summed E-state index contributed by atoms with van der Waals surface area (Å²) in [6.07, 6.45) is 16.5. The van der Waals surface area contributed by atoms with Gasteiger partial charge < -0.3 is 4.74 Å². The minimum atomic E-state index is -0.175. The predicted molar refractivity (Wildman–Crippen MR) is 107 cm³/mol. The SMILES string of the molecule is CCCCCCCCCCCCC(CCC)OC(=O)c1ccccc1. The zero-order valence-corrected chi connectivity index (χ0v) is 16.5. The molecule has 0 bridgehead atoms. The van der Waals surface area contributed by atoms with Crippen LogP contribution in [-0.4, -0.2) is 12.1 Å². The molecule has 1 rings (SSSR count). The monoisotopic (exact) mass is 346 g/mol. The van der Waals surface area contributed by atoms with Crippen molar-refractivity contribution in [2.45, 2.75) is 103 Å². The number of carbonyl (C=O) groups excluding carboxylic acids is 1. The third kappa shape index (κ3) is 11.0. The Morgan fingerprint density at radius 2 is 1.32 bits per heavy atom. The molecule has 0 radical (unpaired) electrons. The summed E-state index contributed by atoms with van der Waals surface area (Å²) < 4.78 is 5.72. The summed E-state index contributed by atoms with van der Waals surface area (Å²) >= 11 is 0. The van der Waals surface area contributed by atoms with Gasteiger partial charge in [-0.25, -0.2) is 4.79 Å². The second kappa shape index (κ2) is 15.0. The van der Waals surface area contributed by atoms with Crippen molar-refractivity contribution < 1.29 is 9.53 Å². The van der Waals surface area contributed by atoms with Crippen molar-refractivity contribution in [3.63, 3.8) is 0 Å². The topological polar surface area (TPSA) is 26.3 Å². The van der Waals surface area contributed by atoms with Crippen LogP contribution in [0.5, 0.6) is 0 Å². The fraction of sp³-hybridized carbons (Fsp3) is 0.696. The highest BCUT2D eigenvalue weighted by Crippen LogP contribution is 2.16. The lowest BCUT2D eigenvalue weighted by Crippen LogP contribution is -2.18. The molecule has 0 amide bonds. The first-order chi connectivity index (χ1) is 12.3. The van der Waals surface area contributed by atoms with Gasteiger partial charge in [0.25, 0.3) is 0 Å². The van der Waals surface area contributed by atoms with Gasteiger partial charge in [0.05, 0.1) is 5.56 Å². The van der Waals surface area contributed by atoms with Gasteiger partial charge >= 0.3 is 5.97 Å². The maximum absolute atomic E-state index is 12.2. The first kappa shape index (κ1) is 21.7.